The van der Waals surface area contributed by atoms with Gasteiger partial charge >= 0.3 is 0 Å². The smallest absolute Gasteiger partial charge is 0.119 e. The molecule has 0 radical (unpaired) electrons. The van der Waals surface area contributed by atoms with Crippen molar-refractivity contribution in [3.8, 4) is 5.75 Å². The van der Waals surface area contributed by atoms with Crippen molar-refractivity contribution >= 4 is 0 Å². The first-order valence-corrected chi connectivity index (χ1v) is 7.56. The third kappa shape index (κ3) is 4.87. The lowest BCUT2D eigenvalue weighted by Crippen LogP contribution is -2.30. The van der Waals surface area contributed by atoms with Gasteiger partial charge < -0.3 is 10.1 Å². The number of nitrogens with one attached hydrogen (secondary N) is 1. The zero-order valence-corrected chi connectivity index (χ0v) is 13.1. The van der Waals surface area contributed by atoms with Crippen molar-refractivity contribution in [1.29, 1.82) is 0 Å². The summed E-state index contributed by atoms with van der Waals surface area (Å²) in [6, 6.07) is 8.96. The Morgan fingerprint density at radius 2 is 1.68 bits per heavy atom. The molecular formula is C17H29NO. The fraction of sp³-hybridized carbons (Fsp3) is 0.647. The predicted octanol–water partition coefficient (Wildman–Crippen LogP) is 4.42. The lowest BCUT2D eigenvalue weighted by molar-refractivity contribution is 0.303. The molecule has 1 rings (SSSR count). The van der Waals surface area contributed by atoms with Gasteiger partial charge in [-0.3, -0.25) is 0 Å². The normalized spacial score (nSPS) is 14.4. The second-order valence-corrected chi connectivity index (χ2v) is 5.54. The van der Waals surface area contributed by atoms with Gasteiger partial charge in [-0.1, -0.05) is 39.8 Å². The van der Waals surface area contributed by atoms with Crippen molar-refractivity contribution in [2.24, 2.45) is 11.8 Å². The fourth-order valence-electron chi connectivity index (χ4n) is 2.23. The average molecular weight is 263 g/mol. The Hall–Kier alpha value is -1.02. The predicted molar refractivity (Wildman–Crippen MR) is 82.6 cm³/mol. The van der Waals surface area contributed by atoms with Gasteiger partial charge in [-0.05, 0) is 49.4 Å². The van der Waals surface area contributed by atoms with Crippen LogP contribution in [0.15, 0.2) is 24.3 Å². The Bertz CT molecular complexity index is 345. The molecule has 0 amide bonds. The van der Waals surface area contributed by atoms with E-state index in [9.17, 15) is 0 Å². The van der Waals surface area contributed by atoms with Crippen LogP contribution in [0.5, 0.6) is 5.75 Å². The summed E-state index contributed by atoms with van der Waals surface area (Å²) in [5.41, 5.74) is 1.36. The first-order chi connectivity index (χ1) is 9.10. The van der Waals surface area contributed by atoms with E-state index in [1.165, 1.54) is 12.0 Å². The van der Waals surface area contributed by atoms with Crippen molar-refractivity contribution in [3.05, 3.63) is 29.8 Å². The molecule has 2 unspecified atom stereocenters. The molecule has 2 atom stereocenters. The molecule has 0 saturated heterocycles. The molecule has 0 fully saturated rings. The van der Waals surface area contributed by atoms with E-state index in [0.717, 1.165) is 18.9 Å². The molecule has 1 aromatic rings. The van der Waals surface area contributed by atoms with Crippen LogP contribution in [-0.4, -0.2) is 13.2 Å². The molecule has 0 aliphatic heterocycles. The Balaban J connectivity index is 2.83. The maximum absolute atomic E-state index is 5.51. The summed E-state index contributed by atoms with van der Waals surface area (Å²) in [7, 11) is 0. The van der Waals surface area contributed by atoms with Crippen LogP contribution in [0, 0.1) is 11.8 Å². The van der Waals surface area contributed by atoms with Gasteiger partial charge in [0.2, 0.25) is 0 Å². The van der Waals surface area contributed by atoms with Gasteiger partial charge in [0, 0.05) is 6.04 Å². The minimum absolute atomic E-state index is 0.427. The molecule has 0 spiro atoms. The number of hydrogen-bond acceptors (Lipinski definition) is 2. The molecule has 0 saturated carbocycles. The second-order valence-electron chi connectivity index (χ2n) is 5.54. The Morgan fingerprint density at radius 3 is 2.16 bits per heavy atom. The molecule has 0 heterocycles. The van der Waals surface area contributed by atoms with Gasteiger partial charge in [-0.2, -0.15) is 0 Å². The van der Waals surface area contributed by atoms with E-state index in [4.69, 9.17) is 4.74 Å². The number of benzene rings is 1. The van der Waals surface area contributed by atoms with E-state index in [1.807, 2.05) is 6.92 Å². The highest BCUT2D eigenvalue weighted by molar-refractivity contribution is 5.29. The van der Waals surface area contributed by atoms with E-state index in [2.05, 4.69) is 57.3 Å². The Labute approximate surface area is 118 Å². The van der Waals surface area contributed by atoms with Gasteiger partial charge in [0.15, 0.2) is 0 Å². The standard InChI is InChI=1S/C17H29NO/c1-6-12-18-17(14(5)13(3)4)15-8-10-16(11-9-15)19-7-2/h8-11,13-14,17-18H,6-7,12H2,1-5H3. The van der Waals surface area contributed by atoms with Crippen molar-refractivity contribution < 1.29 is 4.74 Å². The summed E-state index contributed by atoms with van der Waals surface area (Å²) in [6.45, 7) is 12.9. The monoisotopic (exact) mass is 263 g/mol. The number of hydrogen-bond donors (Lipinski definition) is 1. The topological polar surface area (TPSA) is 21.3 Å². The molecule has 1 N–H and O–H groups in total. The lowest BCUT2D eigenvalue weighted by atomic mass is 9.86. The fourth-order valence-corrected chi connectivity index (χ4v) is 2.23. The Morgan fingerprint density at radius 1 is 1.05 bits per heavy atom. The van der Waals surface area contributed by atoms with Gasteiger partial charge in [-0.25, -0.2) is 0 Å². The molecule has 0 aromatic heterocycles. The van der Waals surface area contributed by atoms with Gasteiger partial charge in [0.25, 0.3) is 0 Å². The van der Waals surface area contributed by atoms with E-state index in [0.29, 0.717) is 17.9 Å². The third-order valence-electron chi connectivity index (χ3n) is 3.74. The molecule has 0 aliphatic rings. The minimum Gasteiger partial charge on any atom is -0.494 e. The largest absolute Gasteiger partial charge is 0.494 e. The average Bonchev–Trinajstić information content (AvgIpc) is 2.41. The minimum atomic E-state index is 0.427. The van der Waals surface area contributed by atoms with Crippen molar-refractivity contribution in [2.75, 3.05) is 13.2 Å². The summed E-state index contributed by atoms with van der Waals surface area (Å²) in [5.74, 6) is 2.24. The first-order valence-electron chi connectivity index (χ1n) is 7.56. The number of rotatable bonds is 8. The summed E-state index contributed by atoms with van der Waals surface area (Å²) in [6.07, 6.45) is 1.17. The molecule has 108 valence electrons. The maximum Gasteiger partial charge on any atom is 0.119 e. The van der Waals surface area contributed by atoms with Crippen molar-refractivity contribution in [2.45, 2.75) is 47.1 Å². The summed E-state index contributed by atoms with van der Waals surface area (Å²) < 4.78 is 5.51. The van der Waals surface area contributed by atoms with Gasteiger partial charge in [0.05, 0.1) is 6.61 Å². The second kappa shape index (κ2) is 8.21. The summed E-state index contributed by atoms with van der Waals surface area (Å²) in [4.78, 5) is 0. The SMILES string of the molecule is CCCNC(c1ccc(OCC)cc1)C(C)C(C)C. The molecule has 19 heavy (non-hydrogen) atoms. The zero-order chi connectivity index (χ0) is 14.3. The highest BCUT2D eigenvalue weighted by atomic mass is 16.5. The molecule has 0 aliphatic carbocycles. The highest BCUT2D eigenvalue weighted by Crippen LogP contribution is 2.28. The van der Waals surface area contributed by atoms with Crippen LogP contribution in [0.4, 0.5) is 0 Å². The molecule has 1 aromatic carbocycles. The number of ether oxygens (including phenoxy) is 1. The van der Waals surface area contributed by atoms with E-state index < -0.39 is 0 Å². The van der Waals surface area contributed by atoms with Gasteiger partial charge in [-0.15, -0.1) is 0 Å². The van der Waals surface area contributed by atoms with Crippen LogP contribution in [-0.2, 0) is 0 Å². The van der Waals surface area contributed by atoms with E-state index >= 15 is 0 Å². The molecule has 0 bridgehead atoms. The summed E-state index contributed by atoms with van der Waals surface area (Å²) in [5, 5.41) is 3.68. The summed E-state index contributed by atoms with van der Waals surface area (Å²) >= 11 is 0. The maximum atomic E-state index is 5.51. The van der Waals surface area contributed by atoms with Crippen LogP contribution in [0.3, 0.4) is 0 Å². The molecular weight excluding hydrogens is 234 g/mol. The van der Waals surface area contributed by atoms with Gasteiger partial charge in [0.1, 0.15) is 5.75 Å². The van der Waals surface area contributed by atoms with Crippen LogP contribution in [0.2, 0.25) is 0 Å². The Kier molecular flexibility index (Phi) is 6.93. The molecule has 2 nitrogen and oxygen atoms in total. The van der Waals surface area contributed by atoms with Crippen LogP contribution >= 0.6 is 0 Å². The first kappa shape index (κ1) is 16.0. The van der Waals surface area contributed by atoms with Crippen LogP contribution in [0.1, 0.15) is 52.6 Å². The van der Waals surface area contributed by atoms with Crippen LogP contribution < -0.4 is 10.1 Å². The van der Waals surface area contributed by atoms with Crippen molar-refractivity contribution in [1.82, 2.24) is 5.32 Å². The van der Waals surface area contributed by atoms with Crippen molar-refractivity contribution in [3.63, 3.8) is 0 Å². The zero-order valence-electron chi connectivity index (χ0n) is 13.1. The van der Waals surface area contributed by atoms with E-state index in [-0.39, 0.29) is 0 Å². The van der Waals surface area contributed by atoms with Crippen LogP contribution in [0.25, 0.3) is 0 Å². The quantitative estimate of drug-likeness (QED) is 0.749. The highest BCUT2D eigenvalue weighted by Gasteiger charge is 2.21. The van der Waals surface area contributed by atoms with E-state index in [1.54, 1.807) is 0 Å². The lowest BCUT2D eigenvalue weighted by Gasteiger charge is -2.28. The third-order valence-corrected chi connectivity index (χ3v) is 3.74. The molecule has 2 heteroatoms.